The Balaban J connectivity index is 2.68. The highest BCUT2D eigenvalue weighted by Gasteiger charge is 2.22. The minimum atomic E-state index is -0.496. The normalized spacial score (nSPS) is 10.7. The summed E-state index contributed by atoms with van der Waals surface area (Å²) in [5.74, 6) is 1.34. The molecular weight excluding hydrogens is 268 g/mol. The zero-order chi connectivity index (χ0) is 14.0. The van der Waals surface area contributed by atoms with E-state index < -0.39 is 4.92 Å². The van der Waals surface area contributed by atoms with Crippen LogP contribution in [-0.4, -0.2) is 19.7 Å². The topological polar surface area (TPSA) is 73.8 Å². The number of nitro benzene ring substituents is 1. The molecule has 19 heavy (non-hydrogen) atoms. The molecule has 0 bridgehead atoms. The van der Waals surface area contributed by atoms with Crippen LogP contribution >= 0.6 is 11.6 Å². The van der Waals surface area contributed by atoms with E-state index in [-0.39, 0.29) is 10.7 Å². The lowest BCUT2D eigenvalue weighted by atomic mass is 10.2. The number of nitro groups is 1. The number of aromatic nitrogens is 3. The highest BCUT2D eigenvalue weighted by molar-refractivity contribution is 6.33. The molecule has 0 aliphatic rings. The molecule has 0 N–H and O–H groups in total. The summed E-state index contributed by atoms with van der Waals surface area (Å²) in [7, 11) is 0. The second kappa shape index (κ2) is 5.36. The van der Waals surface area contributed by atoms with Crippen molar-refractivity contribution in [2.45, 2.75) is 26.7 Å². The van der Waals surface area contributed by atoms with Gasteiger partial charge in [0.25, 0.3) is 0 Å². The highest BCUT2D eigenvalue weighted by Crippen LogP contribution is 2.31. The Morgan fingerprint density at radius 2 is 2.11 bits per heavy atom. The molecule has 0 amide bonds. The summed E-state index contributed by atoms with van der Waals surface area (Å²) in [6.07, 6.45) is 1.31. The van der Waals surface area contributed by atoms with Gasteiger partial charge in [0.15, 0.2) is 5.82 Å². The third-order valence-corrected chi connectivity index (χ3v) is 3.03. The van der Waals surface area contributed by atoms with Gasteiger partial charge in [-0.25, -0.2) is 9.67 Å². The lowest BCUT2D eigenvalue weighted by Crippen LogP contribution is -2.06. The van der Waals surface area contributed by atoms with Crippen LogP contribution in [-0.2, 0) is 12.8 Å². The van der Waals surface area contributed by atoms with Crippen molar-refractivity contribution in [2.24, 2.45) is 0 Å². The molecule has 0 aliphatic carbocycles. The first-order valence-electron chi connectivity index (χ1n) is 5.96. The summed E-state index contributed by atoms with van der Waals surface area (Å²) in [4.78, 5) is 15.0. The maximum Gasteiger partial charge on any atom is 0.313 e. The molecule has 0 atom stereocenters. The van der Waals surface area contributed by atoms with E-state index >= 15 is 0 Å². The van der Waals surface area contributed by atoms with Gasteiger partial charge in [0, 0.05) is 12.8 Å². The molecule has 2 aromatic rings. The van der Waals surface area contributed by atoms with E-state index in [2.05, 4.69) is 10.1 Å². The quantitative estimate of drug-likeness (QED) is 0.637. The second-order valence-electron chi connectivity index (χ2n) is 3.93. The second-order valence-corrected chi connectivity index (χ2v) is 4.34. The van der Waals surface area contributed by atoms with Gasteiger partial charge in [-0.05, 0) is 12.1 Å². The Morgan fingerprint density at radius 3 is 2.68 bits per heavy atom. The summed E-state index contributed by atoms with van der Waals surface area (Å²) in [6, 6.07) is 4.78. The molecule has 0 aliphatic heterocycles. The van der Waals surface area contributed by atoms with Crippen molar-refractivity contribution < 1.29 is 4.92 Å². The van der Waals surface area contributed by atoms with Crippen LogP contribution in [0.1, 0.15) is 25.5 Å². The number of benzene rings is 1. The Bertz CT molecular complexity index is 624. The van der Waals surface area contributed by atoms with Crippen molar-refractivity contribution in [3.63, 3.8) is 0 Å². The molecule has 2 rings (SSSR count). The zero-order valence-corrected chi connectivity index (χ0v) is 11.4. The molecule has 0 saturated carbocycles. The van der Waals surface area contributed by atoms with Crippen LogP contribution < -0.4 is 0 Å². The van der Waals surface area contributed by atoms with E-state index in [0.29, 0.717) is 30.2 Å². The number of aryl methyl sites for hydroxylation is 2. The SMILES string of the molecule is CCc1nc(CC)n(-c2cccc(Cl)c2[N+](=O)[O-])n1. The van der Waals surface area contributed by atoms with Gasteiger partial charge < -0.3 is 0 Å². The van der Waals surface area contributed by atoms with Gasteiger partial charge in [0.2, 0.25) is 0 Å². The predicted octanol–water partition coefficient (Wildman–Crippen LogP) is 2.95. The number of nitrogens with zero attached hydrogens (tertiary/aromatic N) is 4. The molecule has 1 aromatic carbocycles. The van der Waals surface area contributed by atoms with Crippen LogP contribution in [0, 0.1) is 10.1 Å². The zero-order valence-electron chi connectivity index (χ0n) is 10.6. The van der Waals surface area contributed by atoms with Gasteiger partial charge in [-0.2, -0.15) is 5.10 Å². The number of halogens is 1. The molecule has 100 valence electrons. The summed E-state index contributed by atoms with van der Waals surface area (Å²) >= 11 is 5.91. The average Bonchev–Trinajstić information content (AvgIpc) is 2.81. The van der Waals surface area contributed by atoms with E-state index in [4.69, 9.17) is 11.6 Å². The molecule has 1 aromatic heterocycles. The van der Waals surface area contributed by atoms with Crippen molar-refractivity contribution in [2.75, 3.05) is 0 Å². The van der Waals surface area contributed by atoms with Gasteiger partial charge in [-0.1, -0.05) is 31.5 Å². The lowest BCUT2D eigenvalue weighted by Gasteiger charge is -2.06. The maximum atomic E-state index is 11.2. The molecule has 0 spiro atoms. The lowest BCUT2D eigenvalue weighted by molar-refractivity contribution is -0.384. The fourth-order valence-corrected chi connectivity index (χ4v) is 2.06. The third kappa shape index (κ3) is 2.44. The van der Waals surface area contributed by atoms with Gasteiger partial charge >= 0.3 is 5.69 Å². The Labute approximate surface area is 115 Å². The molecule has 7 heteroatoms. The largest absolute Gasteiger partial charge is 0.313 e. The number of hydrogen-bond donors (Lipinski definition) is 0. The number of para-hydroxylation sites is 1. The van der Waals surface area contributed by atoms with E-state index in [1.165, 1.54) is 10.7 Å². The van der Waals surface area contributed by atoms with Crippen LogP contribution in [0.15, 0.2) is 18.2 Å². The van der Waals surface area contributed by atoms with Gasteiger partial charge in [-0.3, -0.25) is 10.1 Å². The summed E-state index contributed by atoms with van der Waals surface area (Å²) in [5, 5.41) is 15.5. The van der Waals surface area contributed by atoms with Crippen LogP contribution in [0.5, 0.6) is 0 Å². The first kappa shape index (κ1) is 13.5. The number of hydrogen-bond acceptors (Lipinski definition) is 4. The molecule has 1 heterocycles. The molecule has 6 nitrogen and oxygen atoms in total. The molecular formula is C12H13ClN4O2. The smallest absolute Gasteiger partial charge is 0.258 e. The van der Waals surface area contributed by atoms with Crippen LogP contribution in [0.25, 0.3) is 5.69 Å². The average molecular weight is 281 g/mol. The monoisotopic (exact) mass is 280 g/mol. The maximum absolute atomic E-state index is 11.2. The van der Waals surface area contributed by atoms with E-state index in [1.807, 2.05) is 13.8 Å². The molecule has 0 radical (unpaired) electrons. The van der Waals surface area contributed by atoms with Crippen molar-refractivity contribution >= 4 is 17.3 Å². The van der Waals surface area contributed by atoms with Crippen LogP contribution in [0.3, 0.4) is 0 Å². The molecule has 0 fully saturated rings. The summed E-state index contributed by atoms with van der Waals surface area (Å²) in [6.45, 7) is 3.86. The van der Waals surface area contributed by atoms with Crippen LogP contribution in [0.4, 0.5) is 5.69 Å². The van der Waals surface area contributed by atoms with E-state index in [1.54, 1.807) is 12.1 Å². The molecule has 0 saturated heterocycles. The Morgan fingerprint density at radius 1 is 1.37 bits per heavy atom. The molecule has 0 unspecified atom stereocenters. The fourth-order valence-electron chi connectivity index (χ4n) is 1.82. The van der Waals surface area contributed by atoms with Gasteiger partial charge in [-0.15, -0.1) is 0 Å². The van der Waals surface area contributed by atoms with Crippen molar-refractivity contribution in [3.05, 3.63) is 45.0 Å². The van der Waals surface area contributed by atoms with Crippen LogP contribution in [0.2, 0.25) is 5.02 Å². The van der Waals surface area contributed by atoms with Gasteiger partial charge in [0.1, 0.15) is 16.5 Å². The Kier molecular flexibility index (Phi) is 3.80. The predicted molar refractivity (Wildman–Crippen MR) is 71.8 cm³/mol. The van der Waals surface area contributed by atoms with Crippen molar-refractivity contribution in [1.29, 1.82) is 0 Å². The summed E-state index contributed by atoms with van der Waals surface area (Å²) < 4.78 is 1.50. The standard InChI is InChI=1S/C12H13ClN4O2/c1-3-10-14-11(4-2)16(15-10)9-7-5-6-8(13)12(9)17(18)19/h5-7H,3-4H2,1-2H3. The number of rotatable bonds is 4. The highest BCUT2D eigenvalue weighted by atomic mass is 35.5. The first-order chi connectivity index (χ1) is 9.08. The van der Waals surface area contributed by atoms with Crippen molar-refractivity contribution in [1.82, 2.24) is 14.8 Å². The minimum Gasteiger partial charge on any atom is -0.258 e. The fraction of sp³-hybridized carbons (Fsp3) is 0.333. The van der Waals surface area contributed by atoms with E-state index in [0.717, 1.165) is 0 Å². The van der Waals surface area contributed by atoms with Gasteiger partial charge in [0.05, 0.1) is 4.92 Å². The minimum absolute atomic E-state index is 0.0955. The third-order valence-electron chi connectivity index (χ3n) is 2.73. The van der Waals surface area contributed by atoms with E-state index in [9.17, 15) is 10.1 Å². The first-order valence-corrected chi connectivity index (χ1v) is 6.34. The summed E-state index contributed by atoms with van der Waals surface area (Å²) in [5.41, 5.74) is 0.202. The Hall–Kier alpha value is -1.95. The van der Waals surface area contributed by atoms with Crippen molar-refractivity contribution in [3.8, 4) is 5.69 Å².